The topological polar surface area (TPSA) is 78.9 Å². The molecule has 2 fully saturated rings. The molecule has 2 aliphatic carbocycles. The first kappa shape index (κ1) is 19.5. The number of nitrogens with zero attached hydrogens (tertiary/aromatic N) is 4. The summed E-state index contributed by atoms with van der Waals surface area (Å²) in [6.45, 7) is 4.95. The van der Waals surface area contributed by atoms with Crippen molar-refractivity contribution >= 4 is 0 Å². The molecule has 0 unspecified atom stereocenters. The van der Waals surface area contributed by atoms with E-state index in [1.807, 2.05) is 29.8 Å². The molecule has 2 heterocycles. The van der Waals surface area contributed by atoms with E-state index < -0.39 is 0 Å². The summed E-state index contributed by atoms with van der Waals surface area (Å²) in [4.78, 5) is 9.78. The molecule has 0 saturated heterocycles. The minimum atomic E-state index is 0.0517. The number of rotatable bonds is 6. The smallest absolute Gasteiger partial charge is 0.155 e. The average molecular weight is 384 g/mol. The lowest BCUT2D eigenvalue weighted by Crippen LogP contribution is -2.42. The highest BCUT2D eigenvalue weighted by Crippen LogP contribution is 2.37. The molecule has 152 valence electrons. The molecule has 2 saturated carbocycles. The van der Waals surface area contributed by atoms with Crippen LogP contribution < -0.4 is 5.73 Å². The number of aromatic nitrogens is 4. The third-order valence-corrected chi connectivity index (χ3v) is 6.19. The molecule has 2 N–H and O–H groups in total. The minimum absolute atomic E-state index is 0.0517. The van der Waals surface area contributed by atoms with Gasteiger partial charge in [-0.2, -0.15) is 4.68 Å². The van der Waals surface area contributed by atoms with E-state index in [9.17, 15) is 0 Å². The van der Waals surface area contributed by atoms with Gasteiger partial charge in [-0.25, -0.2) is 9.97 Å². The molecule has 2 aliphatic rings. The Labute approximate surface area is 167 Å². The Morgan fingerprint density at radius 2 is 1.93 bits per heavy atom. The van der Waals surface area contributed by atoms with Gasteiger partial charge in [-0.05, 0) is 57.6 Å². The van der Waals surface area contributed by atoms with E-state index >= 15 is 0 Å². The second kappa shape index (κ2) is 8.70. The molecule has 0 aromatic carbocycles. The fourth-order valence-corrected chi connectivity index (χ4v) is 4.67. The summed E-state index contributed by atoms with van der Waals surface area (Å²) in [6.07, 6.45) is 9.07. The monoisotopic (exact) mass is 383 g/mol. The molecule has 6 heteroatoms. The van der Waals surface area contributed by atoms with Crippen LogP contribution in [0.4, 0.5) is 0 Å². The maximum Gasteiger partial charge on any atom is 0.155 e. The average Bonchev–Trinajstić information content (AvgIpc) is 3.37. The van der Waals surface area contributed by atoms with Gasteiger partial charge in [0.2, 0.25) is 0 Å². The molecule has 2 aromatic heterocycles. The van der Waals surface area contributed by atoms with Gasteiger partial charge in [0, 0.05) is 30.2 Å². The molecule has 4 rings (SSSR count). The van der Waals surface area contributed by atoms with Crippen LogP contribution in [-0.4, -0.2) is 38.5 Å². The van der Waals surface area contributed by atoms with Crippen LogP contribution in [0.25, 0.3) is 5.82 Å². The standard InChI is InChI=1S/C22H33N5O/c1-3-13-28-19-12-11-17(14-18(19)23)22-25-21(16-8-4-5-9-16)26-27(22)20-10-6-7-15(2)24-20/h6-7,10,16-19H,3-5,8-9,11-14,23H2,1-2H3/t17-,18+,19+/m0/s1. The highest BCUT2D eigenvalue weighted by molar-refractivity contribution is 5.26. The third-order valence-electron chi connectivity index (χ3n) is 6.19. The van der Waals surface area contributed by atoms with E-state index in [2.05, 4.69) is 6.92 Å². The molecule has 6 nitrogen and oxygen atoms in total. The summed E-state index contributed by atoms with van der Waals surface area (Å²) < 4.78 is 7.96. The van der Waals surface area contributed by atoms with Crippen LogP contribution in [0.1, 0.15) is 87.5 Å². The van der Waals surface area contributed by atoms with Crippen LogP contribution >= 0.6 is 0 Å². The van der Waals surface area contributed by atoms with Crippen LogP contribution in [0.5, 0.6) is 0 Å². The van der Waals surface area contributed by atoms with Crippen molar-refractivity contribution in [3.05, 3.63) is 35.5 Å². The van der Waals surface area contributed by atoms with Gasteiger partial charge < -0.3 is 10.5 Å². The molecule has 0 spiro atoms. The number of aryl methyl sites for hydroxylation is 1. The summed E-state index contributed by atoms with van der Waals surface area (Å²) >= 11 is 0. The van der Waals surface area contributed by atoms with Crippen molar-refractivity contribution in [1.29, 1.82) is 0 Å². The summed E-state index contributed by atoms with van der Waals surface area (Å²) in [7, 11) is 0. The van der Waals surface area contributed by atoms with Gasteiger partial charge in [-0.1, -0.05) is 25.8 Å². The number of nitrogens with two attached hydrogens (primary N) is 1. The lowest BCUT2D eigenvalue weighted by molar-refractivity contribution is 0.0108. The summed E-state index contributed by atoms with van der Waals surface area (Å²) in [5.74, 6) is 3.69. The Bertz CT molecular complexity index is 783. The largest absolute Gasteiger partial charge is 0.377 e. The minimum Gasteiger partial charge on any atom is -0.377 e. The summed E-state index contributed by atoms with van der Waals surface area (Å²) in [6, 6.07) is 6.14. The quantitative estimate of drug-likeness (QED) is 0.815. The van der Waals surface area contributed by atoms with Crippen LogP contribution in [0, 0.1) is 6.92 Å². The van der Waals surface area contributed by atoms with Crippen molar-refractivity contribution < 1.29 is 4.74 Å². The Hall–Kier alpha value is -1.79. The second-order valence-electron chi connectivity index (χ2n) is 8.44. The van der Waals surface area contributed by atoms with Gasteiger partial charge in [-0.15, -0.1) is 5.10 Å². The SMILES string of the molecule is CCCO[C@@H]1CC[C@H](c2nc(C3CCCC3)nn2-c2cccc(C)n2)C[C@H]1N. The highest BCUT2D eigenvalue weighted by Gasteiger charge is 2.34. The van der Waals surface area contributed by atoms with Crippen molar-refractivity contribution in [1.82, 2.24) is 19.7 Å². The third kappa shape index (κ3) is 4.13. The molecule has 28 heavy (non-hydrogen) atoms. The fraction of sp³-hybridized carbons (Fsp3) is 0.682. The van der Waals surface area contributed by atoms with E-state index in [0.717, 1.165) is 55.5 Å². The van der Waals surface area contributed by atoms with Crippen molar-refractivity contribution in [2.24, 2.45) is 5.73 Å². The zero-order valence-electron chi connectivity index (χ0n) is 17.2. The first-order chi connectivity index (χ1) is 13.7. The molecule has 2 aromatic rings. The fourth-order valence-electron chi connectivity index (χ4n) is 4.67. The Morgan fingerprint density at radius 3 is 2.64 bits per heavy atom. The maximum absolute atomic E-state index is 6.49. The second-order valence-corrected chi connectivity index (χ2v) is 8.44. The van der Waals surface area contributed by atoms with E-state index in [-0.39, 0.29) is 12.1 Å². The number of hydrogen-bond acceptors (Lipinski definition) is 5. The van der Waals surface area contributed by atoms with Gasteiger partial charge in [0.25, 0.3) is 0 Å². The van der Waals surface area contributed by atoms with Gasteiger partial charge in [0.05, 0.1) is 6.10 Å². The maximum atomic E-state index is 6.49. The highest BCUT2D eigenvalue weighted by atomic mass is 16.5. The number of hydrogen-bond donors (Lipinski definition) is 1. The molecule has 0 amide bonds. The van der Waals surface area contributed by atoms with Gasteiger partial charge in [-0.3, -0.25) is 0 Å². The van der Waals surface area contributed by atoms with Gasteiger partial charge in [0.1, 0.15) is 5.82 Å². The summed E-state index contributed by atoms with van der Waals surface area (Å²) in [5.41, 5.74) is 7.49. The molecule has 0 radical (unpaired) electrons. The van der Waals surface area contributed by atoms with Crippen molar-refractivity contribution in [2.75, 3.05) is 6.61 Å². The molecule has 0 aliphatic heterocycles. The first-order valence-corrected chi connectivity index (χ1v) is 10.9. The summed E-state index contributed by atoms with van der Waals surface area (Å²) in [5, 5.41) is 4.94. The van der Waals surface area contributed by atoms with E-state index in [4.69, 9.17) is 25.5 Å². The van der Waals surface area contributed by atoms with Crippen molar-refractivity contribution in [2.45, 2.75) is 89.2 Å². The van der Waals surface area contributed by atoms with Crippen molar-refractivity contribution in [3.63, 3.8) is 0 Å². The van der Waals surface area contributed by atoms with Crippen molar-refractivity contribution in [3.8, 4) is 5.82 Å². The first-order valence-electron chi connectivity index (χ1n) is 10.9. The van der Waals surface area contributed by atoms with Crippen LogP contribution in [-0.2, 0) is 4.74 Å². The van der Waals surface area contributed by atoms with E-state index in [1.165, 1.54) is 25.7 Å². The van der Waals surface area contributed by atoms with Gasteiger partial charge in [0.15, 0.2) is 11.6 Å². The van der Waals surface area contributed by atoms with Crippen LogP contribution in [0.15, 0.2) is 18.2 Å². The Morgan fingerprint density at radius 1 is 1.11 bits per heavy atom. The zero-order valence-corrected chi connectivity index (χ0v) is 17.2. The lowest BCUT2D eigenvalue weighted by atomic mass is 9.83. The Balaban J connectivity index is 1.62. The number of pyridine rings is 1. The molecule has 0 bridgehead atoms. The molecule has 3 atom stereocenters. The van der Waals surface area contributed by atoms with Gasteiger partial charge >= 0.3 is 0 Å². The molecular formula is C22H33N5O. The number of ether oxygens (including phenoxy) is 1. The molecular weight excluding hydrogens is 350 g/mol. The predicted molar refractivity (Wildman–Crippen MR) is 110 cm³/mol. The van der Waals surface area contributed by atoms with E-state index in [0.29, 0.717) is 11.8 Å². The van der Waals surface area contributed by atoms with Crippen LogP contribution in [0.2, 0.25) is 0 Å². The lowest BCUT2D eigenvalue weighted by Gasteiger charge is -2.33. The normalized spacial score (nSPS) is 26.0. The van der Waals surface area contributed by atoms with E-state index in [1.54, 1.807) is 0 Å². The van der Waals surface area contributed by atoms with Crippen LogP contribution in [0.3, 0.4) is 0 Å². The predicted octanol–water partition coefficient (Wildman–Crippen LogP) is 4.02. The Kier molecular flexibility index (Phi) is 6.07. The zero-order chi connectivity index (χ0) is 19.5.